The number of nitrogens with zero attached hydrogens (tertiary/aromatic N) is 3. The Labute approximate surface area is 219 Å². The summed E-state index contributed by atoms with van der Waals surface area (Å²) in [4.78, 5) is 6.04. The minimum atomic E-state index is -4.46. The fourth-order valence-electron chi connectivity index (χ4n) is 4.53. The average Bonchev–Trinajstić information content (AvgIpc) is 3.20. The molecule has 1 fully saturated rings. The number of nitrogens with one attached hydrogen (secondary N) is 2. The molecule has 1 saturated heterocycles. The van der Waals surface area contributed by atoms with Crippen LogP contribution in [0.1, 0.15) is 24.6 Å². The van der Waals surface area contributed by atoms with Crippen molar-refractivity contribution >= 4 is 27.9 Å². The predicted molar refractivity (Wildman–Crippen MR) is 143 cm³/mol. The molecule has 0 radical (unpaired) electrons. The number of fused-ring (bicyclic) bond motifs is 1. The number of rotatable bonds is 7. The lowest BCUT2D eigenvalue weighted by molar-refractivity contribution is -0.140. The highest BCUT2D eigenvalue weighted by Gasteiger charge is 2.31. The number of likely N-dealkylation sites (tertiary alicyclic amines) is 1. The summed E-state index contributed by atoms with van der Waals surface area (Å²) in [6.07, 6.45) is -2.09. The van der Waals surface area contributed by atoms with E-state index in [1.54, 1.807) is 13.2 Å². The number of benzene rings is 1. The van der Waals surface area contributed by atoms with E-state index in [1.165, 1.54) is 12.4 Å². The summed E-state index contributed by atoms with van der Waals surface area (Å²) in [5.74, 6) is 6.39. The Morgan fingerprint density at radius 2 is 2.03 bits per heavy atom. The van der Waals surface area contributed by atoms with Crippen LogP contribution in [-0.4, -0.2) is 66.6 Å². The van der Waals surface area contributed by atoms with Gasteiger partial charge in [0.15, 0.2) is 0 Å². The van der Waals surface area contributed by atoms with E-state index < -0.39 is 24.9 Å². The normalized spacial score (nSPS) is 18.1. The van der Waals surface area contributed by atoms with Gasteiger partial charge in [-0.05, 0) is 50.1 Å². The van der Waals surface area contributed by atoms with Crippen LogP contribution in [0.5, 0.6) is 5.75 Å². The second-order valence-electron chi connectivity index (χ2n) is 9.52. The van der Waals surface area contributed by atoms with Crippen LogP contribution in [0, 0.1) is 11.8 Å². The number of anilines is 2. The van der Waals surface area contributed by atoms with Crippen LogP contribution in [0.2, 0.25) is 0 Å². The number of allylic oxidation sites excluding steroid dienone is 1. The Morgan fingerprint density at radius 1 is 1.24 bits per heavy atom. The van der Waals surface area contributed by atoms with Gasteiger partial charge in [-0.3, -0.25) is 4.98 Å². The molecule has 2 N–H and O–H groups in total. The van der Waals surface area contributed by atoms with E-state index in [9.17, 15) is 17.6 Å². The minimum absolute atomic E-state index is 0.179. The molecule has 1 aromatic carbocycles. The molecule has 2 aromatic heterocycles. The molecular weight excluding hydrogens is 498 g/mol. The molecule has 3 heterocycles. The van der Waals surface area contributed by atoms with Gasteiger partial charge in [-0.2, -0.15) is 13.2 Å². The zero-order chi connectivity index (χ0) is 27.4. The number of ether oxygens (including phenoxy) is 1. The fourth-order valence-corrected chi connectivity index (χ4v) is 4.53. The van der Waals surface area contributed by atoms with Crippen molar-refractivity contribution in [2.24, 2.45) is 0 Å². The monoisotopic (exact) mass is 529 g/mol. The molecule has 3 aromatic rings. The van der Waals surface area contributed by atoms with Crippen LogP contribution in [-0.2, 0) is 6.54 Å². The number of hydrogen-bond acceptors (Lipinski definition) is 5. The van der Waals surface area contributed by atoms with E-state index in [0.29, 0.717) is 35.5 Å². The van der Waals surface area contributed by atoms with Crippen molar-refractivity contribution in [3.8, 4) is 17.6 Å². The number of piperidine rings is 1. The Hall–Kier alpha value is -3.71. The molecule has 0 bridgehead atoms. The van der Waals surface area contributed by atoms with E-state index in [4.69, 9.17) is 4.74 Å². The van der Waals surface area contributed by atoms with Gasteiger partial charge >= 0.3 is 6.18 Å². The third kappa shape index (κ3) is 6.40. The van der Waals surface area contributed by atoms with Crippen molar-refractivity contribution < 1.29 is 22.3 Å². The first-order valence-corrected chi connectivity index (χ1v) is 12.3. The lowest BCUT2D eigenvalue weighted by Crippen LogP contribution is -2.46. The molecule has 1 aliphatic rings. The van der Waals surface area contributed by atoms with Crippen LogP contribution in [0.3, 0.4) is 0 Å². The molecule has 10 heteroatoms. The Bertz CT molecular complexity index is 1370. The number of aromatic nitrogens is 2. The summed E-state index contributed by atoms with van der Waals surface area (Å²) >= 11 is 0. The summed E-state index contributed by atoms with van der Waals surface area (Å²) in [5, 5.41) is 6.84. The number of pyridine rings is 1. The SMILES string of the molecule is C=C(C)c1ccc(NCC#Cc2cc3c(N[C@@H]4CCN(C)C[C@@H]4F)cncc3n2CC(F)(F)F)c(OC)c1. The lowest BCUT2D eigenvalue weighted by atomic mass is 10.0. The highest BCUT2D eigenvalue weighted by molar-refractivity contribution is 5.93. The standard InChI is InChI=1S/C28H31F4N5O/c1-18(2)19-7-8-24(27(12-19)38-4)34-10-5-6-20-13-21-25(35-23-9-11-36(3)16-22(23)29)14-33-15-26(21)37(20)17-28(30,31)32/h7-8,12-15,22-23,34-35H,1,9-11,16-17H2,2-4H3/t22-,23+/m0/s1. The molecule has 0 aliphatic carbocycles. The smallest absolute Gasteiger partial charge is 0.406 e. The lowest BCUT2D eigenvalue weighted by Gasteiger charge is -2.33. The fraction of sp³-hybridized carbons (Fsp3) is 0.393. The van der Waals surface area contributed by atoms with E-state index in [2.05, 4.69) is 34.0 Å². The van der Waals surface area contributed by atoms with Gasteiger partial charge in [0.2, 0.25) is 0 Å². The number of hydrogen-bond donors (Lipinski definition) is 2. The van der Waals surface area contributed by atoms with Crippen LogP contribution in [0.4, 0.5) is 28.9 Å². The topological polar surface area (TPSA) is 54.3 Å². The number of alkyl halides is 4. The molecule has 38 heavy (non-hydrogen) atoms. The first-order chi connectivity index (χ1) is 18.1. The van der Waals surface area contributed by atoms with Crippen LogP contribution < -0.4 is 15.4 Å². The summed E-state index contributed by atoms with van der Waals surface area (Å²) < 4.78 is 61.6. The van der Waals surface area contributed by atoms with Crippen LogP contribution in [0.15, 0.2) is 43.2 Å². The van der Waals surface area contributed by atoms with E-state index in [0.717, 1.165) is 22.2 Å². The van der Waals surface area contributed by atoms with Gasteiger partial charge in [-0.25, -0.2) is 4.39 Å². The Kier molecular flexibility index (Phi) is 8.17. The van der Waals surface area contributed by atoms with Crippen LogP contribution >= 0.6 is 0 Å². The third-order valence-corrected chi connectivity index (χ3v) is 6.53. The van der Waals surface area contributed by atoms with Crippen molar-refractivity contribution in [2.75, 3.05) is 44.4 Å². The molecule has 6 nitrogen and oxygen atoms in total. The van der Waals surface area contributed by atoms with E-state index in [-0.39, 0.29) is 17.8 Å². The zero-order valence-electron chi connectivity index (χ0n) is 21.6. The van der Waals surface area contributed by atoms with Crippen molar-refractivity contribution in [2.45, 2.75) is 38.3 Å². The van der Waals surface area contributed by atoms with E-state index >= 15 is 0 Å². The third-order valence-electron chi connectivity index (χ3n) is 6.53. The van der Waals surface area contributed by atoms with Gasteiger partial charge in [0.25, 0.3) is 0 Å². The van der Waals surface area contributed by atoms with Gasteiger partial charge in [0.1, 0.15) is 18.5 Å². The summed E-state index contributed by atoms with van der Waals surface area (Å²) in [5.41, 5.74) is 3.51. The molecule has 0 spiro atoms. The Morgan fingerprint density at radius 3 is 2.71 bits per heavy atom. The maximum atomic E-state index is 14.6. The highest BCUT2D eigenvalue weighted by atomic mass is 19.4. The maximum Gasteiger partial charge on any atom is 0.406 e. The molecular formula is C28H31F4N5O. The largest absolute Gasteiger partial charge is 0.495 e. The molecule has 2 atom stereocenters. The summed E-state index contributed by atoms with van der Waals surface area (Å²) in [6, 6.07) is 6.75. The van der Waals surface area contributed by atoms with Crippen molar-refractivity contribution in [1.82, 2.24) is 14.5 Å². The summed E-state index contributed by atoms with van der Waals surface area (Å²) in [6.45, 7) is 5.80. The Balaban J connectivity index is 1.60. The van der Waals surface area contributed by atoms with Crippen molar-refractivity contribution in [3.63, 3.8) is 0 Å². The zero-order valence-corrected chi connectivity index (χ0v) is 21.6. The van der Waals surface area contributed by atoms with Gasteiger partial charge in [0.05, 0.1) is 54.7 Å². The first-order valence-electron chi connectivity index (χ1n) is 12.3. The molecule has 1 aliphatic heterocycles. The molecule has 0 unspecified atom stereocenters. The van der Waals surface area contributed by atoms with Gasteiger partial charge in [-0.15, -0.1) is 0 Å². The average molecular weight is 530 g/mol. The van der Waals surface area contributed by atoms with Gasteiger partial charge in [-0.1, -0.05) is 24.1 Å². The first kappa shape index (κ1) is 27.3. The number of methoxy groups -OCH3 is 1. The highest BCUT2D eigenvalue weighted by Crippen LogP contribution is 2.31. The van der Waals surface area contributed by atoms with Gasteiger partial charge < -0.3 is 24.8 Å². The van der Waals surface area contributed by atoms with Crippen LogP contribution in [0.25, 0.3) is 16.5 Å². The molecule has 4 rings (SSSR count). The van der Waals surface area contributed by atoms with Crippen molar-refractivity contribution in [1.29, 1.82) is 0 Å². The maximum absolute atomic E-state index is 14.6. The molecule has 0 saturated carbocycles. The van der Waals surface area contributed by atoms with E-state index in [1.807, 2.05) is 37.1 Å². The molecule has 0 amide bonds. The minimum Gasteiger partial charge on any atom is -0.495 e. The summed E-state index contributed by atoms with van der Waals surface area (Å²) in [7, 11) is 3.41. The predicted octanol–water partition coefficient (Wildman–Crippen LogP) is 5.56. The number of halogens is 4. The van der Waals surface area contributed by atoms with Gasteiger partial charge in [0, 0.05) is 18.5 Å². The van der Waals surface area contributed by atoms with Crippen molar-refractivity contribution in [3.05, 3.63) is 54.5 Å². The second-order valence-corrected chi connectivity index (χ2v) is 9.52. The molecule has 202 valence electrons. The second kappa shape index (κ2) is 11.4. The quantitative estimate of drug-likeness (QED) is 0.310.